The van der Waals surface area contributed by atoms with Crippen molar-refractivity contribution in [3.63, 3.8) is 0 Å². The van der Waals surface area contributed by atoms with Gasteiger partial charge in [-0.2, -0.15) is 22.0 Å². The summed E-state index contributed by atoms with van der Waals surface area (Å²) in [6.07, 6.45) is 0.990. The second-order valence-corrected chi connectivity index (χ2v) is 11.6. The summed E-state index contributed by atoms with van der Waals surface area (Å²) in [5.41, 5.74) is -0.280. The molecule has 1 atom stereocenters. The summed E-state index contributed by atoms with van der Waals surface area (Å²) < 4.78 is 132. The smallest absolute Gasteiger partial charge is 0.429 e. The normalized spacial score (nSPS) is 15.3. The molecule has 47 heavy (non-hydrogen) atoms. The molecule has 0 heterocycles. The zero-order chi connectivity index (χ0) is 33.9. The molecule has 5 rings (SSSR count). The zero-order valence-electron chi connectivity index (χ0n) is 25.2. The summed E-state index contributed by atoms with van der Waals surface area (Å²) in [6.45, 7) is 2.17. The maximum absolute atomic E-state index is 15.1. The van der Waals surface area contributed by atoms with E-state index in [1.165, 1.54) is 43.7 Å². The Labute approximate surface area is 266 Å². The Balaban J connectivity index is 1.32. The van der Waals surface area contributed by atoms with E-state index in [0.717, 1.165) is 54.5 Å². The van der Waals surface area contributed by atoms with E-state index in [4.69, 9.17) is 4.74 Å². The summed E-state index contributed by atoms with van der Waals surface area (Å²) in [5, 5.41) is -1.27. The van der Waals surface area contributed by atoms with Crippen molar-refractivity contribution in [2.24, 2.45) is 5.92 Å². The second kappa shape index (κ2) is 13.8. The Morgan fingerprint density at radius 3 is 2.19 bits per heavy atom. The summed E-state index contributed by atoms with van der Waals surface area (Å²) in [5.74, 6) is -3.38. The molecule has 0 aliphatic heterocycles. The molecular weight excluding hydrogens is 631 g/mol. The number of ether oxygens (including phenoxy) is 1. The first kappa shape index (κ1) is 34.0. The standard InChI is InChI=1S/C37H29F9O/c1-2-3-4-5-22-6-8-23(9-7-22)24-10-12-27(13-11-24)37(45,46)47-28-14-15-29(32(39)21-28)25-18-26-20-31(38)30(16-17-36(42,43)44)35(41)34(26)33(40)19-25/h8,10-15,18-22H,2-7,9H2,1H3. The molecule has 4 aromatic rings. The molecule has 0 saturated heterocycles. The first-order chi connectivity index (χ1) is 22.3. The highest BCUT2D eigenvalue weighted by molar-refractivity contribution is 5.90. The van der Waals surface area contributed by atoms with Crippen molar-refractivity contribution in [1.29, 1.82) is 0 Å². The van der Waals surface area contributed by atoms with Crippen LogP contribution in [0.25, 0.3) is 27.5 Å². The number of allylic oxidation sites excluding steroid dienone is 2. The lowest BCUT2D eigenvalue weighted by molar-refractivity contribution is -0.185. The number of hydrogen-bond donors (Lipinski definition) is 0. The average Bonchev–Trinajstić information content (AvgIpc) is 3.00. The van der Waals surface area contributed by atoms with Crippen LogP contribution in [0.1, 0.15) is 68.6 Å². The maximum atomic E-state index is 15.1. The Hall–Kier alpha value is -4.39. The van der Waals surface area contributed by atoms with Crippen LogP contribution >= 0.6 is 0 Å². The van der Waals surface area contributed by atoms with Gasteiger partial charge in [-0.05, 0) is 89.7 Å². The Bertz CT molecular complexity index is 1860. The lowest BCUT2D eigenvalue weighted by Gasteiger charge is -2.23. The molecule has 246 valence electrons. The predicted molar refractivity (Wildman–Crippen MR) is 163 cm³/mol. The van der Waals surface area contributed by atoms with Gasteiger partial charge in [0, 0.05) is 17.6 Å². The van der Waals surface area contributed by atoms with Gasteiger partial charge >= 0.3 is 12.3 Å². The third-order valence-corrected chi connectivity index (χ3v) is 8.23. The van der Waals surface area contributed by atoms with Gasteiger partial charge in [-0.3, -0.25) is 0 Å². The average molecular weight is 661 g/mol. The highest BCUT2D eigenvalue weighted by atomic mass is 19.4. The highest BCUT2D eigenvalue weighted by Gasteiger charge is 2.35. The second-order valence-electron chi connectivity index (χ2n) is 11.6. The van der Waals surface area contributed by atoms with Gasteiger partial charge in [0.2, 0.25) is 0 Å². The fraction of sp³-hybridized carbons (Fsp3) is 0.297. The molecule has 1 nitrogen and oxygen atoms in total. The maximum Gasteiger partial charge on any atom is 0.458 e. The first-order valence-electron chi connectivity index (χ1n) is 15.1. The molecular formula is C37H29F9O. The largest absolute Gasteiger partial charge is 0.458 e. The van der Waals surface area contributed by atoms with Crippen molar-refractivity contribution in [2.75, 3.05) is 0 Å². The molecule has 0 saturated carbocycles. The van der Waals surface area contributed by atoms with Crippen molar-refractivity contribution < 1.29 is 44.3 Å². The van der Waals surface area contributed by atoms with Crippen molar-refractivity contribution >= 4 is 16.3 Å². The number of unbranched alkanes of at least 4 members (excludes halogenated alkanes) is 2. The summed E-state index contributed by atoms with van der Waals surface area (Å²) in [4.78, 5) is 0. The molecule has 0 fully saturated rings. The molecule has 0 radical (unpaired) electrons. The fourth-order valence-corrected chi connectivity index (χ4v) is 5.79. The van der Waals surface area contributed by atoms with Gasteiger partial charge in [-0.15, -0.1) is 0 Å². The van der Waals surface area contributed by atoms with Crippen LogP contribution in [-0.2, 0) is 6.11 Å². The van der Waals surface area contributed by atoms with Crippen LogP contribution in [0.15, 0.2) is 66.7 Å². The summed E-state index contributed by atoms with van der Waals surface area (Å²) in [6, 6.07) is 10.7. The van der Waals surface area contributed by atoms with Gasteiger partial charge in [0.25, 0.3) is 0 Å². The van der Waals surface area contributed by atoms with Gasteiger partial charge in [-0.1, -0.05) is 56.7 Å². The van der Waals surface area contributed by atoms with E-state index in [0.29, 0.717) is 24.1 Å². The van der Waals surface area contributed by atoms with Gasteiger partial charge < -0.3 is 4.74 Å². The van der Waals surface area contributed by atoms with Gasteiger partial charge in [0.05, 0.1) is 16.5 Å². The van der Waals surface area contributed by atoms with E-state index in [-0.39, 0.29) is 11.1 Å². The molecule has 0 N–H and O–H groups in total. The van der Waals surface area contributed by atoms with E-state index in [2.05, 4.69) is 13.0 Å². The minimum atomic E-state index is -5.04. The molecule has 0 spiro atoms. The van der Waals surface area contributed by atoms with Crippen LogP contribution < -0.4 is 4.74 Å². The molecule has 10 heteroatoms. The molecule has 1 unspecified atom stereocenters. The van der Waals surface area contributed by atoms with E-state index in [1.54, 1.807) is 12.1 Å². The zero-order valence-corrected chi connectivity index (χ0v) is 25.2. The highest BCUT2D eigenvalue weighted by Crippen LogP contribution is 2.38. The third kappa shape index (κ3) is 7.95. The topological polar surface area (TPSA) is 9.23 Å². The lowest BCUT2D eigenvalue weighted by atomic mass is 9.84. The van der Waals surface area contributed by atoms with E-state index in [1.807, 2.05) is 0 Å². The molecule has 1 aliphatic carbocycles. The van der Waals surface area contributed by atoms with E-state index < -0.39 is 63.2 Å². The third-order valence-electron chi connectivity index (χ3n) is 8.23. The molecule has 1 aliphatic rings. The number of hydrogen-bond acceptors (Lipinski definition) is 1. The minimum absolute atomic E-state index is 0.210. The molecule has 0 aromatic heterocycles. The molecule has 4 aromatic carbocycles. The summed E-state index contributed by atoms with van der Waals surface area (Å²) in [7, 11) is 0. The SMILES string of the molecule is CCCCCC1CC=C(c2ccc(C(F)(F)Oc3ccc(-c4cc(F)c5c(F)c(C#CC(F)(F)F)c(F)cc5c4)c(F)c3)cc2)CC1. The van der Waals surface area contributed by atoms with Crippen LogP contribution in [0, 0.1) is 41.0 Å². The Morgan fingerprint density at radius 1 is 0.809 bits per heavy atom. The van der Waals surface area contributed by atoms with E-state index in [9.17, 15) is 26.3 Å². The van der Waals surface area contributed by atoms with Crippen molar-refractivity contribution in [3.8, 4) is 28.7 Å². The predicted octanol–water partition coefficient (Wildman–Crippen LogP) is 11.9. The number of alkyl halides is 5. The first-order valence-corrected chi connectivity index (χ1v) is 15.1. The Kier molecular flexibility index (Phi) is 9.94. The molecule has 0 amide bonds. The van der Waals surface area contributed by atoms with E-state index >= 15 is 13.2 Å². The number of halogens is 9. The Morgan fingerprint density at radius 2 is 1.55 bits per heavy atom. The monoisotopic (exact) mass is 660 g/mol. The van der Waals surface area contributed by atoms with Crippen molar-refractivity contribution in [3.05, 3.63) is 107 Å². The summed E-state index contributed by atoms with van der Waals surface area (Å²) >= 11 is 0. The molecule has 0 bridgehead atoms. The van der Waals surface area contributed by atoms with Crippen LogP contribution in [0.2, 0.25) is 0 Å². The lowest BCUT2D eigenvalue weighted by Crippen LogP contribution is -2.22. The quantitative estimate of drug-likeness (QED) is 0.0986. The fourth-order valence-electron chi connectivity index (χ4n) is 5.79. The van der Waals surface area contributed by atoms with Gasteiger partial charge in [0.1, 0.15) is 23.2 Å². The number of fused-ring (bicyclic) bond motifs is 1. The number of benzene rings is 4. The minimum Gasteiger partial charge on any atom is -0.429 e. The van der Waals surface area contributed by atoms with Crippen molar-refractivity contribution in [1.82, 2.24) is 0 Å². The van der Waals surface area contributed by atoms with Crippen LogP contribution in [0.3, 0.4) is 0 Å². The van der Waals surface area contributed by atoms with Crippen LogP contribution in [0.4, 0.5) is 39.5 Å². The van der Waals surface area contributed by atoms with Crippen LogP contribution in [0.5, 0.6) is 5.75 Å². The number of rotatable bonds is 9. The van der Waals surface area contributed by atoms with Crippen LogP contribution in [-0.4, -0.2) is 6.18 Å². The van der Waals surface area contributed by atoms with Gasteiger partial charge in [0.15, 0.2) is 5.82 Å². The van der Waals surface area contributed by atoms with Gasteiger partial charge in [-0.25, -0.2) is 17.6 Å². The van der Waals surface area contributed by atoms with Crippen molar-refractivity contribution in [2.45, 2.75) is 64.2 Å².